The van der Waals surface area contributed by atoms with Crippen molar-refractivity contribution in [2.75, 3.05) is 11.9 Å². The van der Waals surface area contributed by atoms with Gasteiger partial charge in [-0.1, -0.05) is 36.4 Å². The van der Waals surface area contributed by atoms with Gasteiger partial charge in [0.05, 0.1) is 5.69 Å². The molecule has 4 amide bonds. The standard InChI is InChI=1S/C27H26N4O3S/c32-23(29-25-28-22(16-35-25)20-12-11-17-6-1-2-8-19(17)14-20)15-31-24(33)27(30-26(31)34)13-5-9-18-7-3-4-10-21(18)27/h3-4,7,10-12,14,16H,1-2,5-6,8-9,13,15H2,(H,30,34)(H,28,29,32). The number of nitrogens with zero attached hydrogens (tertiary/aromatic N) is 2. The van der Waals surface area contributed by atoms with E-state index in [1.165, 1.54) is 35.3 Å². The molecule has 2 aromatic carbocycles. The van der Waals surface area contributed by atoms with Crippen LogP contribution in [0.3, 0.4) is 0 Å². The van der Waals surface area contributed by atoms with Crippen LogP contribution >= 0.6 is 11.3 Å². The van der Waals surface area contributed by atoms with Crippen LogP contribution in [0, 0.1) is 0 Å². The van der Waals surface area contributed by atoms with Gasteiger partial charge in [0.15, 0.2) is 5.13 Å². The van der Waals surface area contributed by atoms with E-state index in [9.17, 15) is 14.4 Å². The van der Waals surface area contributed by atoms with E-state index in [0.717, 1.165) is 53.0 Å². The molecule has 0 radical (unpaired) electrons. The Kier molecular flexibility index (Phi) is 5.40. The number of carbonyl (C=O) groups excluding carboxylic acids is 3. The molecule has 1 aromatic heterocycles. The molecule has 2 N–H and O–H groups in total. The Bertz CT molecular complexity index is 1350. The maximum Gasteiger partial charge on any atom is 0.325 e. The normalized spacial score (nSPS) is 21.0. The van der Waals surface area contributed by atoms with Gasteiger partial charge in [-0.25, -0.2) is 9.78 Å². The minimum Gasteiger partial charge on any atom is -0.319 e. The third-order valence-corrected chi connectivity index (χ3v) is 8.10. The molecule has 1 aliphatic heterocycles. The topological polar surface area (TPSA) is 91.4 Å². The molecule has 1 spiro atoms. The molecule has 1 atom stereocenters. The number of carbonyl (C=O) groups is 3. The van der Waals surface area contributed by atoms with Crippen LogP contribution in [0.25, 0.3) is 11.3 Å². The van der Waals surface area contributed by atoms with E-state index in [-0.39, 0.29) is 12.5 Å². The van der Waals surface area contributed by atoms with E-state index in [2.05, 4.69) is 33.8 Å². The number of fused-ring (bicyclic) bond motifs is 3. The third-order valence-electron chi connectivity index (χ3n) is 7.35. The van der Waals surface area contributed by atoms with Crippen LogP contribution < -0.4 is 10.6 Å². The number of rotatable bonds is 4. The van der Waals surface area contributed by atoms with Crippen molar-refractivity contribution >= 4 is 34.3 Å². The zero-order valence-corrected chi connectivity index (χ0v) is 20.1. The van der Waals surface area contributed by atoms with Gasteiger partial charge in [0.1, 0.15) is 12.1 Å². The molecule has 3 aromatic rings. The molecule has 1 unspecified atom stereocenters. The summed E-state index contributed by atoms with van der Waals surface area (Å²) in [7, 11) is 0. The number of amides is 4. The van der Waals surface area contributed by atoms with Crippen LogP contribution in [0.1, 0.15) is 47.9 Å². The lowest BCUT2D eigenvalue weighted by Gasteiger charge is -2.33. The fraction of sp³-hybridized carbons (Fsp3) is 0.333. The average molecular weight is 487 g/mol. The second-order valence-electron chi connectivity index (χ2n) is 9.51. The van der Waals surface area contributed by atoms with Crippen LogP contribution in [-0.2, 0) is 34.4 Å². The van der Waals surface area contributed by atoms with Crippen LogP contribution in [0.4, 0.5) is 9.93 Å². The summed E-state index contributed by atoms with van der Waals surface area (Å²) < 4.78 is 0. The number of hydrogen-bond acceptors (Lipinski definition) is 5. The Hall–Kier alpha value is -3.52. The summed E-state index contributed by atoms with van der Waals surface area (Å²) in [6.45, 7) is -0.345. The van der Waals surface area contributed by atoms with Gasteiger partial charge in [-0.15, -0.1) is 11.3 Å². The van der Waals surface area contributed by atoms with Crippen molar-refractivity contribution < 1.29 is 14.4 Å². The Morgan fingerprint density at radius 2 is 1.83 bits per heavy atom. The number of nitrogens with one attached hydrogen (secondary N) is 2. The summed E-state index contributed by atoms with van der Waals surface area (Å²) in [5.41, 5.74) is 5.46. The smallest absolute Gasteiger partial charge is 0.319 e. The van der Waals surface area contributed by atoms with E-state index in [1.54, 1.807) is 0 Å². The highest BCUT2D eigenvalue weighted by Gasteiger charge is 2.54. The number of urea groups is 1. The van der Waals surface area contributed by atoms with E-state index >= 15 is 0 Å². The zero-order valence-electron chi connectivity index (χ0n) is 19.3. The second kappa shape index (κ2) is 8.61. The number of anilines is 1. The summed E-state index contributed by atoms with van der Waals surface area (Å²) in [6, 6.07) is 13.6. The van der Waals surface area contributed by atoms with Crippen molar-refractivity contribution in [2.24, 2.45) is 0 Å². The molecule has 8 heteroatoms. The molecule has 6 rings (SSSR count). The molecule has 3 aliphatic rings. The van der Waals surface area contributed by atoms with Gasteiger partial charge in [-0.3, -0.25) is 14.5 Å². The summed E-state index contributed by atoms with van der Waals surface area (Å²) in [4.78, 5) is 44.6. The number of aryl methyl sites for hydroxylation is 3. The number of thiazole rings is 1. The quantitative estimate of drug-likeness (QED) is 0.535. The highest BCUT2D eigenvalue weighted by atomic mass is 32.1. The largest absolute Gasteiger partial charge is 0.325 e. The van der Waals surface area contributed by atoms with E-state index in [4.69, 9.17) is 0 Å². The maximum absolute atomic E-state index is 13.4. The SMILES string of the molecule is O=C(CN1C(=O)NC2(CCCc3ccccc32)C1=O)Nc1nc(-c2ccc3c(c2)CCCC3)cs1. The fourth-order valence-electron chi connectivity index (χ4n) is 5.61. The molecule has 2 aliphatic carbocycles. The first kappa shape index (κ1) is 22.0. The monoisotopic (exact) mass is 486 g/mol. The third kappa shape index (κ3) is 3.82. The van der Waals surface area contributed by atoms with Crippen molar-refractivity contribution in [3.05, 3.63) is 70.1 Å². The van der Waals surface area contributed by atoms with Crippen molar-refractivity contribution in [1.82, 2.24) is 15.2 Å². The van der Waals surface area contributed by atoms with Crippen LogP contribution in [0.5, 0.6) is 0 Å². The van der Waals surface area contributed by atoms with Gasteiger partial charge in [-0.05, 0) is 73.3 Å². The highest BCUT2D eigenvalue weighted by molar-refractivity contribution is 7.14. The molecule has 7 nitrogen and oxygen atoms in total. The molecule has 2 heterocycles. The first-order chi connectivity index (χ1) is 17.0. The minimum absolute atomic E-state index is 0.345. The summed E-state index contributed by atoms with van der Waals surface area (Å²) in [6.07, 6.45) is 6.88. The maximum atomic E-state index is 13.4. The lowest BCUT2D eigenvalue weighted by Crippen LogP contribution is -2.47. The van der Waals surface area contributed by atoms with Gasteiger partial charge in [-0.2, -0.15) is 0 Å². The van der Waals surface area contributed by atoms with Crippen molar-refractivity contribution in [1.29, 1.82) is 0 Å². The van der Waals surface area contributed by atoms with Crippen LogP contribution in [0.2, 0.25) is 0 Å². The Labute approximate surface area is 207 Å². The lowest BCUT2D eigenvalue weighted by molar-refractivity contribution is -0.134. The number of aromatic nitrogens is 1. The van der Waals surface area contributed by atoms with E-state index in [0.29, 0.717) is 11.6 Å². The number of benzene rings is 2. The molecule has 35 heavy (non-hydrogen) atoms. The molecule has 0 saturated carbocycles. The molecule has 1 saturated heterocycles. The number of hydrogen-bond donors (Lipinski definition) is 2. The van der Waals surface area contributed by atoms with Gasteiger partial charge < -0.3 is 10.6 Å². The Balaban J connectivity index is 1.16. The molecular formula is C27H26N4O3S. The summed E-state index contributed by atoms with van der Waals surface area (Å²) >= 11 is 1.33. The van der Waals surface area contributed by atoms with E-state index in [1.807, 2.05) is 29.6 Å². The minimum atomic E-state index is -1.08. The Morgan fingerprint density at radius 3 is 2.71 bits per heavy atom. The molecule has 1 fully saturated rings. The van der Waals surface area contributed by atoms with Crippen LogP contribution in [0.15, 0.2) is 47.8 Å². The Morgan fingerprint density at radius 1 is 1.03 bits per heavy atom. The van der Waals surface area contributed by atoms with Crippen LogP contribution in [-0.4, -0.2) is 34.3 Å². The predicted molar refractivity (Wildman–Crippen MR) is 134 cm³/mol. The van der Waals surface area contributed by atoms with Crippen molar-refractivity contribution in [2.45, 2.75) is 50.5 Å². The fourth-order valence-corrected chi connectivity index (χ4v) is 6.35. The molecule has 178 valence electrons. The molecule has 0 bridgehead atoms. The van der Waals surface area contributed by atoms with Gasteiger partial charge >= 0.3 is 6.03 Å². The van der Waals surface area contributed by atoms with Crippen molar-refractivity contribution in [3.8, 4) is 11.3 Å². The number of imide groups is 1. The summed E-state index contributed by atoms with van der Waals surface area (Å²) in [5, 5.41) is 8.03. The van der Waals surface area contributed by atoms with Crippen molar-refractivity contribution in [3.63, 3.8) is 0 Å². The van der Waals surface area contributed by atoms with E-state index < -0.39 is 17.5 Å². The average Bonchev–Trinajstić information content (AvgIpc) is 3.43. The zero-order chi connectivity index (χ0) is 24.0. The predicted octanol–water partition coefficient (Wildman–Crippen LogP) is 4.41. The first-order valence-corrected chi connectivity index (χ1v) is 13.0. The lowest BCUT2D eigenvalue weighted by atomic mass is 9.76. The second-order valence-corrected chi connectivity index (χ2v) is 10.4. The summed E-state index contributed by atoms with van der Waals surface area (Å²) in [5.74, 6) is -0.806. The van der Waals surface area contributed by atoms with Gasteiger partial charge in [0, 0.05) is 10.9 Å². The van der Waals surface area contributed by atoms with Gasteiger partial charge in [0.25, 0.3) is 5.91 Å². The van der Waals surface area contributed by atoms with Gasteiger partial charge in [0.2, 0.25) is 5.91 Å². The molecular weight excluding hydrogens is 460 g/mol. The first-order valence-electron chi connectivity index (χ1n) is 12.1. The highest BCUT2D eigenvalue weighted by Crippen LogP contribution is 2.40.